The van der Waals surface area contributed by atoms with Gasteiger partial charge in [0.2, 0.25) is 11.8 Å². The Labute approximate surface area is 161 Å². The van der Waals surface area contributed by atoms with Crippen molar-refractivity contribution >= 4 is 45.7 Å². The molecule has 1 atom stereocenters. The number of hydrogen-bond acceptors (Lipinski definition) is 5. The molecule has 0 bridgehead atoms. The van der Waals surface area contributed by atoms with Gasteiger partial charge < -0.3 is 20.9 Å². The Hall–Kier alpha value is -2.94. The van der Waals surface area contributed by atoms with E-state index in [-0.39, 0.29) is 30.8 Å². The smallest absolute Gasteiger partial charge is 0.319 e. The minimum absolute atomic E-state index is 0.122. The summed E-state index contributed by atoms with van der Waals surface area (Å²) in [6, 6.07) is 6.93. The van der Waals surface area contributed by atoms with E-state index in [9.17, 15) is 14.4 Å². The zero-order valence-electron chi connectivity index (χ0n) is 14.9. The maximum absolute atomic E-state index is 11.9. The predicted octanol–water partition coefficient (Wildman–Crippen LogP) is 2.81. The summed E-state index contributed by atoms with van der Waals surface area (Å²) < 4.78 is 0. The molecule has 0 unspecified atom stereocenters. The van der Waals surface area contributed by atoms with Gasteiger partial charge in [-0.2, -0.15) is 0 Å². The number of benzene rings is 1. The highest BCUT2D eigenvalue weighted by Gasteiger charge is 2.28. The van der Waals surface area contributed by atoms with Crippen LogP contribution < -0.4 is 20.9 Å². The third-order valence-corrected chi connectivity index (χ3v) is 4.89. The van der Waals surface area contributed by atoms with Gasteiger partial charge in [0.15, 0.2) is 5.13 Å². The number of urea groups is 1. The molecule has 0 saturated carbocycles. The molecule has 1 fully saturated rings. The molecular formula is C18H21N5O3S. The lowest BCUT2D eigenvalue weighted by molar-refractivity contribution is -0.117. The number of hydrogen-bond donors (Lipinski definition) is 3. The van der Waals surface area contributed by atoms with Crippen molar-refractivity contribution in [3.8, 4) is 0 Å². The molecule has 1 saturated heterocycles. The maximum atomic E-state index is 11.9. The second-order valence-corrected chi connectivity index (χ2v) is 7.11. The first-order chi connectivity index (χ1) is 13.0. The van der Waals surface area contributed by atoms with Gasteiger partial charge in [0.05, 0.1) is 0 Å². The molecule has 142 valence electrons. The van der Waals surface area contributed by atoms with Gasteiger partial charge in [0, 0.05) is 48.4 Å². The molecule has 2 heterocycles. The molecular weight excluding hydrogens is 366 g/mol. The largest absolute Gasteiger partial charge is 0.337 e. The molecule has 9 heteroatoms. The van der Waals surface area contributed by atoms with Gasteiger partial charge in [-0.3, -0.25) is 9.59 Å². The first kappa shape index (κ1) is 18.8. The fourth-order valence-electron chi connectivity index (χ4n) is 2.86. The fourth-order valence-corrected chi connectivity index (χ4v) is 3.41. The predicted molar refractivity (Wildman–Crippen MR) is 105 cm³/mol. The number of nitrogens with one attached hydrogen (secondary N) is 3. The molecule has 3 rings (SSSR count). The van der Waals surface area contributed by atoms with E-state index in [1.807, 2.05) is 19.1 Å². The lowest BCUT2D eigenvalue weighted by Crippen LogP contribution is -2.32. The molecule has 27 heavy (non-hydrogen) atoms. The van der Waals surface area contributed by atoms with Crippen LogP contribution in [0.25, 0.3) is 0 Å². The highest BCUT2D eigenvalue weighted by Crippen LogP contribution is 2.27. The Balaban J connectivity index is 1.42. The Morgan fingerprint density at radius 1 is 1.26 bits per heavy atom. The second-order valence-electron chi connectivity index (χ2n) is 6.21. The van der Waals surface area contributed by atoms with Crippen molar-refractivity contribution in [2.24, 2.45) is 0 Å². The summed E-state index contributed by atoms with van der Waals surface area (Å²) in [4.78, 5) is 41.3. The number of aromatic nitrogens is 1. The van der Waals surface area contributed by atoms with Crippen LogP contribution in [0.15, 0.2) is 35.8 Å². The molecule has 2 aromatic rings. The second kappa shape index (κ2) is 8.63. The van der Waals surface area contributed by atoms with Crippen LogP contribution in [0.4, 0.5) is 21.3 Å². The molecule has 8 nitrogen and oxygen atoms in total. The van der Waals surface area contributed by atoms with Crippen molar-refractivity contribution in [2.75, 3.05) is 22.1 Å². The van der Waals surface area contributed by atoms with Crippen LogP contribution in [0, 0.1) is 0 Å². The molecule has 1 aliphatic rings. The zero-order chi connectivity index (χ0) is 19.2. The van der Waals surface area contributed by atoms with Crippen LogP contribution in [-0.4, -0.2) is 35.4 Å². The van der Waals surface area contributed by atoms with Crippen molar-refractivity contribution in [3.63, 3.8) is 0 Å². The highest BCUT2D eigenvalue weighted by molar-refractivity contribution is 7.13. The van der Waals surface area contributed by atoms with E-state index in [0.29, 0.717) is 17.2 Å². The summed E-state index contributed by atoms with van der Waals surface area (Å²) in [6.07, 6.45) is 3.19. The van der Waals surface area contributed by atoms with E-state index < -0.39 is 6.03 Å². The first-order valence-corrected chi connectivity index (χ1v) is 9.57. The van der Waals surface area contributed by atoms with Crippen molar-refractivity contribution in [1.29, 1.82) is 0 Å². The van der Waals surface area contributed by atoms with Crippen LogP contribution in [-0.2, 0) is 9.59 Å². The topological polar surface area (TPSA) is 103 Å². The fraction of sp³-hybridized carbons (Fsp3) is 0.333. The summed E-state index contributed by atoms with van der Waals surface area (Å²) in [6.45, 7) is 2.23. The van der Waals surface area contributed by atoms with Crippen LogP contribution in [0.2, 0.25) is 0 Å². The Morgan fingerprint density at radius 2 is 2.04 bits per heavy atom. The number of carbonyl (C=O) groups excluding carboxylic acids is 3. The molecule has 0 aliphatic carbocycles. The van der Waals surface area contributed by atoms with Crippen LogP contribution >= 0.6 is 11.3 Å². The summed E-state index contributed by atoms with van der Waals surface area (Å²) in [5.74, 6) is -0.0871. The van der Waals surface area contributed by atoms with E-state index in [1.165, 1.54) is 11.3 Å². The summed E-state index contributed by atoms with van der Waals surface area (Å²) in [5, 5.41) is 10.3. The zero-order valence-corrected chi connectivity index (χ0v) is 15.7. The lowest BCUT2D eigenvalue weighted by Gasteiger charge is -2.22. The number of rotatable bonds is 6. The van der Waals surface area contributed by atoms with Crippen molar-refractivity contribution in [1.82, 2.24) is 10.3 Å². The van der Waals surface area contributed by atoms with Crippen LogP contribution in [0.5, 0.6) is 0 Å². The monoisotopic (exact) mass is 387 g/mol. The maximum Gasteiger partial charge on any atom is 0.319 e. The third kappa shape index (κ3) is 5.04. The number of nitrogens with zero attached hydrogens (tertiary/aromatic N) is 2. The van der Waals surface area contributed by atoms with Crippen molar-refractivity contribution < 1.29 is 14.4 Å². The molecule has 1 aromatic heterocycles. The van der Waals surface area contributed by atoms with E-state index >= 15 is 0 Å². The summed E-state index contributed by atoms with van der Waals surface area (Å²) in [7, 11) is 0. The van der Waals surface area contributed by atoms with E-state index in [2.05, 4.69) is 20.9 Å². The number of carbonyl (C=O) groups is 3. The van der Waals surface area contributed by atoms with Gasteiger partial charge in [-0.15, -0.1) is 11.3 Å². The number of thiazole rings is 1. The van der Waals surface area contributed by atoms with E-state index in [1.54, 1.807) is 28.6 Å². The molecule has 3 N–H and O–H groups in total. The van der Waals surface area contributed by atoms with Gasteiger partial charge in [0.25, 0.3) is 0 Å². The molecule has 1 aromatic carbocycles. The number of amides is 4. The Bertz CT molecular complexity index is 807. The van der Waals surface area contributed by atoms with Crippen LogP contribution in [0.1, 0.15) is 26.2 Å². The Kier molecular flexibility index (Phi) is 6.02. The van der Waals surface area contributed by atoms with Gasteiger partial charge >= 0.3 is 6.03 Å². The molecule has 1 aliphatic heterocycles. The van der Waals surface area contributed by atoms with Gasteiger partial charge in [-0.25, -0.2) is 9.78 Å². The van der Waals surface area contributed by atoms with Crippen molar-refractivity contribution in [3.05, 3.63) is 35.8 Å². The molecule has 4 amide bonds. The minimum atomic E-state index is -0.393. The molecule has 0 spiro atoms. The normalized spacial score (nSPS) is 16.3. The van der Waals surface area contributed by atoms with Gasteiger partial charge in [0.1, 0.15) is 0 Å². The molecule has 0 radical (unpaired) electrons. The van der Waals surface area contributed by atoms with Gasteiger partial charge in [-0.05, 0) is 37.6 Å². The summed E-state index contributed by atoms with van der Waals surface area (Å²) in [5.41, 5.74) is 1.44. The Morgan fingerprint density at radius 3 is 2.67 bits per heavy atom. The van der Waals surface area contributed by atoms with Crippen LogP contribution in [0.3, 0.4) is 0 Å². The number of anilines is 3. The summed E-state index contributed by atoms with van der Waals surface area (Å²) >= 11 is 1.34. The SMILES string of the molecule is C[C@@H]1CCC(=O)N1c1ccc(NC(=O)NCCC(=O)Nc2nccs2)cc1. The third-order valence-electron chi connectivity index (χ3n) is 4.21. The standard InChI is InChI=1S/C18H21N5O3S/c1-12-2-7-16(25)23(12)14-5-3-13(4-6-14)21-17(26)19-9-8-15(24)22-18-20-10-11-27-18/h3-6,10-12H,2,7-9H2,1H3,(H2,19,21,26)(H,20,22,24)/t12-/m1/s1. The minimum Gasteiger partial charge on any atom is -0.337 e. The van der Waals surface area contributed by atoms with Crippen molar-refractivity contribution in [2.45, 2.75) is 32.2 Å². The van der Waals surface area contributed by atoms with E-state index in [0.717, 1.165) is 12.1 Å². The highest BCUT2D eigenvalue weighted by atomic mass is 32.1. The van der Waals surface area contributed by atoms with Gasteiger partial charge in [-0.1, -0.05) is 0 Å². The first-order valence-electron chi connectivity index (χ1n) is 8.69. The average Bonchev–Trinajstić information content (AvgIpc) is 3.26. The lowest BCUT2D eigenvalue weighted by atomic mass is 10.2. The quantitative estimate of drug-likeness (QED) is 0.709. The average molecular weight is 387 g/mol. The van der Waals surface area contributed by atoms with E-state index in [4.69, 9.17) is 0 Å².